The van der Waals surface area contributed by atoms with Gasteiger partial charge in [-0.15, -0.1) is 0 Å². The third kappa shape index (κ3) is 3.95. The predicted molar refractivity (Wildman–Crippen MR) is 64.7 cm³/mol. The van der Waals surface area contributed by atoms with Crippen molar-refractivity contribution in [2.45, 2.75) is 38.1 Å². The maximum atomic E-state index is 11.0. The summed E-state index contributed by atoms with van der Waals surface area (Å²) < 4.78 is 11.1. The first-order valence-electron chi connectivity index (χ1n) is 6.15. The van der Waals surface area contributed by atoms with Crippen LogP contribution in [0.15, 0.2) is 30.3 Å². The highest BCUT2D eigenvalue weighted by Crippen LogP contribution is 2.16. The maximum absolute atomic E-state index is 11.0. The van der Waals surface area contributed by atoms with Crippen LogP contribution in [-0.4, -0.2) is 25.3 Å². The molecule has 1 aliphatic rings. The van der Waals surface area contributed by atoms with E-state index >= 15 is 0 Å². The van der Waals surface area contributed by atoms with E-state index in [1.54, 1.807) is 0 Å². The lowest BCUT2D eigenvalue weighted by Crippen LogP contribution is -2.30. The number of carbonyl (C=O) groups is 1. The molecule has 0 spiro atoms. The molecule has 0 radical (unpaired) electrons. The molecule has 2 rings (SSSR count). The van der Waals surface area contributed by atoms with Crippen molar-refractivity contribution in [3.8, 4) is 0 Å². The summed E-state index contributed by atoms with van der Waals surface area (Å²) in [4.78, 5) is 11.0. The Hall–Kier alpha value is -1.19. The molecule has 3 nitrogen and oxygen atoms in total. The number of rotatable bonds is 5. The van der Waals surface area contributed by atoms with Crippen molar-refractivity contribution in [1.82, 2.24) is 0 Å². The van der Waals surface area contributed by atoms with Crippen molar-refractivity contribution < 1.29 is 14.3 Å². The molecule has 1 aromatic rings. The highest BCUT2D eigenvalue weighted by Gasteiger charge is 2.19. The smallest absolute Gasteiger partial charge is 0.158 e. The van der Waals surface area contributed by atoms with Gasteiger partial charge in [-0.1, -0.05) is 30.3 Å². The van der Waals surface area contributed by atoms with Crippen molar-refractivity contribution in [3.05, 3.63) is 35.9 Å². The predicted octanol–water partition coefficient (Wildman–Crippen LogP) is 2.34. The Balaban J connectivity index is 1.86. The van der Waals surface area contributed by atoms with Crippen molar-refractivity contribution in [3.63, 3.8) is 0 Å². The summed E-state index contributed by atoms with van der Waals surface area (Å²) in [6.45, 7) is 0.738. The van der Waals surface area contributed by atoms with Gasteiger partial charge in [0.1, 0.15) is 12.4 Å². The molecule has 1 fully saturated rings. The molecule has 17 heavy (non-hydrogen) atoms. The van der Waals surface area contributed by atoms with E-state index in [4.69, 9.17) is 9.47 Å². The van der Waals surface area contributed by atoms with E-state index in [1.165, 1.54) is 0 Å². The molecule has 3 heteroatoms. The normalized spacial score (nSPS) is 22.0. The summed E-state index contributed by atoms with van der Waals surface area (Å²) in [6, 6.07) is 9.90. The Bertz CT molecular complexity index is 331. The van der Waals surface area contributed by atoms with Gasteiger partial charge in [-0.2, -0.15) is 0 Å². The zero-order chi connectivity index (χ0) is 11.9. The van der Waals surface area contributed by atoms with E-state index in [0.717, 1.165) is 37.7 Å². The molecule has 2 atom stereocenters. The third-order valence-electron chi connectivity index (χ3n) is 2.90. The zero-order valence-electron chi connectivity index (χ0n) is 9.88. The van der Waals surface area contributed by atoms with Crippen molar-refractivity contribution >= 4 is 6.29 Å². The first-order valence-corrected chi connectivity index (χ1v) is 6.15. The van der Waals surface area contributed by atoms with Crippen LogP contribution < -0.4 is 0 Å². The highest BCUT2D eigenvalue weighted by atomic mass is 16.7. The van der Waals surface area contributed by atoms with Crippen LogP contribution >= 0.6 is 0 Å². The summed E-state index contributed by atoms with van der Waals surface area (Å²) in [5.74, 6) is 0. The molecule has 1 aromatic carbocycles. The van der Waals surface area contributed by atoms with Gasteiger partial charge in [0.2, 0.25) is 0 Å². The number of aldehydes is 1. The fourth-order valence-electron chi connectivity index (χ4n) is 1.99. The van der Waals surface area contributed by atoms with Crippen molar-refractivity contribution in [2.24, 2.45) is 0 Å². The summed E-state index contributed by atoms with van der Waals surface area (Å²) >= 11 is 0. The van der Waals surface area contributed by atoms with Gasteiger partial charge in [-0.05, 0) is 24.8 Å². The fraction of sp³-hybridized carbons (Fsp3) is 0.500. The number of benzene rings is 1. The van der Waals surface area contributed by atoms with Gasteiger partial charge in [0.25, 0.3) is 0 Å². The number of carbonyl (C=O) groups excluding carboxylic acids is 1. The first-order chi connectivity index (χ1) is 8.38. The van der Waals surface area contributed by atoms with Crippen molar-refractivity contribution in [1.29, 1.82) is 0 Å². The Morgan fingerprint density at radius 2 is 2.18 bits per heavy atom. The monoisotopic (exact) mass is 234 g/mol. The Morgan fingerprint density at radius 1 is 1.35 bits per heavy atom. The lowest BCUT2D eigenvalue weighted by Gasteiger charge is -2.25. The summed E-state index contributed by atoms with van der Waals surface area (Å²) in [7, 11) is 0. The van der Waals surface area contributed by atoms with E-state index in [1.807, 2.05) is 30.3 Å². The van der Waals surface area contributed by atoms with E-state index in [2.05, 4.69) is 0 Å². The van der Waals surface area contributed by atoms with E-state index in [9.17, 15) is 4.79 Å². The third-order valence-corrected chi connectivity index (χ3v) is 2.90. The molecule has 1 saturated heterocycles. The highest BCUT2D eigenvalue weighted by molar-refractivity contribution is 5.56. The SMILES string of the molecule is O=C[C@H](Cc1ccccc1)OC1CCCCO1. The van der Waals surface area contributed by atoms with Crippen LogP contribution in [0.2, 0.25) is 0 Å². The minimum Gasteiger partial charge on any atom is -0.353 e. The molecule has 0 N–H and O–H groups in total. The van der Waals surface area contributed by atoms with Crippen molar-refractivity contribution in [2.75, 3.05) is 6.61 Å². The van der Waals surface area contributed by atoms with Gasteiger partial charge in [0.15, 0.2) is 6.29 Å². The molecular formula is C14H18O3. The van der Waals surface area contributed by atoms with Crippen LogP contribution in [0, 0.1) is 0 Å². The minimum atomic E-state index is -0.402. The largest absolute Gasteiger partial charge is 0.353 e. The minimum absolute atomic E-state index is 0.206. The average molecular weight is 234 g/mol. The van der Waals surface area contributed by atoms with Gasteiger partial charge < -0.3 is 14.3 Å². The number of ether oxygens (including phenoxy) is 2. The molecule has 0 bridgehead atoms. The van der Waals surface area contributed by atoms with Crippen LogP contribution in [0.5, 0.6) is 0 Å². The quantitative estimate of drug-likeness (QED) is 0.733. The molecule has 1 heterocycles. The second kappa shape index (κ2) is 6.52. The average Bonchev–Trinajstić information content (AvgIpc) is 2.40. The van der Waals surface area contributed by atoms with E-state index in [-0.39, 0.29) is 6.29 Å². The maximum Gasteiger partial charge on any atom is 0.158 e. The molecule has 0 saturated carbocycles. The number of hydrogen-bond acceptors (Lipinski definition) is 3. The van der Waals surface area contributed by atoms with Crippen LogP contribution in [0.1, 0.15) is 24.8 Å². The molecule has 92 valence electrons. The molecular weight excluding hydrogens is 216 g/mol. The van der Waals surface area contributed by atoms with Gasteiger partial charge in [-0.3, -0.25) is 0 Å². The van der Waals surface area contributed by atoms with Gasteiger partial charge in [0, 0.05) is 13.0 Å². The first kappa shape index (κ1) is 12.3. The molecule has 0 amide bonds. The van der Waals surface area contributed by atoms with Crippen LogP contribution in [0.3, 0.4) is 0 Å². The Morgan fingerprint density at radius 3 is 2.82 bits per heavy atom. The van der Waals surface area contributed by atoms with Crippen LogP contribution in [-0.2, 0) is 20.7 Å². The molecule has 0 aliphatic carbocycles. The Kier molecular flexibility index (Phi) is 4.71. The molecule has 1 aliphatic heterocycles. The Labute approximate surface area is 102 Å². The second-order valence-corrected chi connectivity index (χ2v) is 4.30. The zero-order valence-corrected chi connectivity index (χ0v) is 9.88. The summed E-state index contributed by atoms with van der Waals surface area (Å²) in [6.07, 6.45) is 3.96. The van der Waals surface area contributed by atoms with Crippen LogP contribution in [0.25, 0.3) is 0 Å². The van der Waals surface area contributed by atoms with Crippen LogP contribution in [0.4, 0.5) is 0 Å². The summed E-state index contributed by atoms with van der Waals surface area (Å²) in [5.41, 5.74) is 1.11. The van der Waals surface area contributed by atoms with E-state index in [0.29, 0.717) is 6.42 Å². The summed E-state index contributed by atoms with van der Waals surface area (Å²) in [5, 5.41) is 0. The lowest BCUT2D eigenvalue weighted by atomic mass is 10.1. The van der Waals surface area contributed by atoms with E-state index < -0.39 is 6.10 Å². The standard InChI is InChI=1S/C14H18O3/c15-11-13(10-12-6-2-1-3-7-12)17-14-8-4-5-9-16-14/h1-3,6-7,11,13-14H,4-5,8-10H2/t13-,14?/m0/s1. The second-order valence-electron chi connectivity index (χ2n) is 4.30. The topological polar surface area (TPSA) is 35.5 Å². The molecule has 0 aromatic heterocycles. The van der Waals surface area contributed by atoms with Gasteiger partial charge in [0.05, 0.1) is 0 Å². The fourth-order valence-corrected chi connectivity index (χ4v) is 1.99. The van der Waals surface area contributed by atoms with Gasteiger partial charge in [-0.25, -0.2) is 0 Å². The lowest BCUT2D eigenvalue weighted by molar-refractivity contribution is -0.186. The van der Waals surface area contributed by atoms with Gasteiger partial charge >= 0.3 is 0 Å². The molecule has 1 unspecified atom stereocenters. The number of hydrogen-bond donors (Lipinski definition) is 0.